The van der Waals surface area contributed by atoms with Gasteiger partial charge in [-0.15, -0.1) is 0 Å². The van der Waals surface area contributed by atoms with Crippen LogP contribution in [0, 0.1) is 5.92 Å². The van der Waals surface area contributed by atoms with Gasteiger partial charge in [0.05, 0.1) is 11.4 Å². The number of hydrogen-bond acceptors (Lipinski definition) is 4. The van der Waals surface area contributed by atoms with Crippen molar-refractivity contribution in [3.8, 4) is 0 Å². The summed E-state index contributed by atoms with van der Waals surface area (Å²) in [5, 5.41) is 2.68. The second kappa shape index (κ2) is 10.1. The Bertz CT molecular complexity index is 1140. The van der Waals surface area contributed by atoms with E-state index in [-0.39, 0.29) is 18.4 Å². The molecule has 1 aliphatic heterocycles. The topological polar surface area (TPSA) is 71.0 Å². The summed E-state index contributed by atoms with van der Waals surface area (Å²) in [6.45, 7) is 4.72. The predicted octanol–water partition coefficient (Wildman–Crippen LogP) is 4.78. The molecule has 0 saturated heterocycles. The first-order chi connectivity index (χ1) is 16.0. The van der Waals surface area contributed by atoms with Crippen LogP contribution in [0.2, 0.25) is 0 Å². The molecule has 33 heavy (non-hydrogen) atoms. The molecule has 6 heteroatoms. The fraction of sp³-hybridized carbons (Fsp3) is 0.222. The van der Waals surface area contributed by atoms with Gasteiger partial charge in [-0.2, -0.15) is 0 Å². The lowest BCUT2D eigenvalue weighted by molar-refractivity contribution is -0.120. The van der Waals surface area contributed by atoms with Gasteiger partial charge >= 0.3 is 6.09 Å². The molecule has 1 aliphatic rings. The van der Waals surface area contributed by atoms with Crippen molar-refractivity contribution in [2.45, 2.75) is 26.6 Å². The molecule has 1 unspecified atom stereocenters. The number of nitrogens with one attached hydrogen (secondary N) is 1. The number of amides is 2. The summed E-state index contributed by atoms with van der Waals surface area (Å²) < 4.78 is 5.36. The Morgan fingerprint density at radius 2 is 1.61 bits per heavy atom. The average Bonchev–Trinajstić information content (AvgIpc) is 2.94. The molecule has 1 heterocycles. The summed E-state index contributed by atoms with van der Waals surface area (Å²) in [5.74, 6) is -0.0651. The third kappa shape index (κ3) is 5.29. The third-order valence-corrected chi connectivity index (χ3v) is 5.27. The molecular formula is C27H27N3O3. The van der Waals surface area contributed by atoms with Crippen LogP contribution in [0.1, 0.15) is 30.5 Å². The Balaban J connectivity index is 1.67. The van der Waals surface area contributed by atoms with Crippen molar-refractivity contribution in [3.05, 3.63) is 102 Å². The molecule has 6 nitrogen and oxygen atoms in total. The summed E-state index contributed by atoms with van der Waals surface area (Å²) in [6, 6.07) is 26.8. The molecule has 4 rings (SSSR count). The zero-order valence-corrected chi connectivity index (χ0v) is 18.8. The van der Waals surface area contributed by atoms with E-state index in [2.05, 4.69) is 19.2 Å². The summed E-state index contributed by atoms with van der Waals surface area (Å²) in [5.41, 5.74) is 4.01. The lowest BCUT2D eigenvalue weighted by Gasteiger charge is -2.27. The molecule has 0 bridgehead atoms. The lowest BCUT2D eigenvalue weighted by atomic mass is 10.00. The molecule has 3 aromatic carbocycles. The van der Waals surface area contributed by atoms with E-state index >= 15 is 0 Å². The van der Waals surface area contributed by atoms with Crippen LogP contribution in [0.25, 0.3) is 0 Å². The van der Waals surface area contributed by atoms with Gasteiger partial charge in [0.1, 0.15) is 6.61 Å². The molecule has 0 radical (unpaired) electrons. The number of nitrogens with zero attached hydrogens (tertiary/aromatic N) is 2. The van der Waals surface area contributed by atoms with Gasteiger partial charge in [-0.05, 0) is 17.5 Å². The highest BCUT2D eigenvalue weighted by atomic mass is 16.5. The summed E-state index contributed by atoms with van der Waals surface area (Å²) >= 11 is 0. The predicted molar refractivity (Wildman–Crippen MR) is 129 cm³/mol. The number of anilines is 1. The molecule has 0 aromatic heterocycles. The number of rotatable bonds is 6. The smallest absolute Gasteiger partial charge is 0.409 e. The standard InChI is InChI=1S/C27H27N3O3/c1-19(2)17-30-23-16-10-9-15-22(23)24(21-13-7-4-8-14-21)28-25(26(30)31)29-27(32)33-18-20-11-5-3-6-12-20/h3-16,19,25H,17-18H2,1-2H3,(H,29,32). The Morgan fingerprint density at radius 1 is 0.970 bits per heavy atom. The molecular weight excluding hydrogens is 414 g/mol. The van der Waals surface area contributed by atoms with Crippen LogP contribution in [-0.2, 0) is 16.1 Å². The van der Waals surface area contributed by atoms with Crippen LogP contribution in [0.15, 0.2) is 89.9 Å². The Kier molecular flexibility index (Phi) is 6.83. The first-order valence-corrected chi connectivity index (χ1v) is 11.0. The van der Waals surface area contributed by atoms with Crippen LogP contribution >= 0.6 is 0 Å². The molecule has 0 saturated carbocycles. The Labute approximate surface area is 193 Å². The van der Waals surface area contributed by atoms with E-state index in [1.54, 1.807) is 4.90 Å². The number of benzene rings is 3. The second-order valence-corrected chi connectivity index (χ2v) is 8.31. The van der Waals surface area contributed by atoms with Crippen molar-refractivity contribution in [2.75, 3.05) is 11.4 Å². The zero-order valence-electron chi connectivity index (χ0n) is 18.8. The van der Waals surface area contributed by atoms with Crippen LogP contribution in [0.4, 0.5) is 10.5 Å². The highest BCUT2D eigenvalue weighted by Crippen LogP contribution is 2.29. The molecule has 2 amide bonds. The monoisotopic (exact) mass is 441 g/mol. The van der Waals surface area contributed by atoms with E-state index in [1.165, 1.54) is 0 Å². The number of alkyl carbamates (subject to hydrolysis) is 1. The van der Waals surface area contributed by atoms with E-state index in [0.29, 0.717) is 12.3 Å². The van der Waals surface area contributed by atoms with Crippen molar-refractivity contribution >= 4 is 23.4 Å². The van der Waals surface area contributed by atoms with Gasteiger partial charge in [0.2, 0.25) is 6.17 Å². The van der Waals surface area contributed by atoms with Gasteiger partial charge in [0.15, 0.2) is 0 Å². The summed E-state index contributed by atoms with van der Waals surface area (Å²) in [7, 11) is 0. The van der Waals surface area contributed by atoms with E-state index in [1.807, 2.05) is 84.9 Å². The van der Waals surface area contributed by atoms with Crippen LogP contribution in [0.3, 0.4) is 0 Å². The average molecular weight is 442 g/mol. The largest absolute Gasteiger partial charge is 0.445 e. The van der Waals surface area contributed by atoms with Crippen molar-refractivity contribution < 1.29 is 14.3 Å². The van der Waals surface area contributed by atoms with E-state index < -0.39 is 12.3 Å². The maximum atomic E-state index is 13.6. The van der Waals surface area contributed by atoms with Gasteiger partial charge in [0, 0.05) is 17.7 Å². The molecule has 1 N–H and O–H groups in total. The number of benzodiazepines with no additional fused rings is 1. The highest BCUT2D eigenvalue weighted by molar-refractivity contribution is 6.20. The minimum absolute atomic E-state index is 0.110. The normalized spacial score (nSPS) is 15.5. The maximum absolute atomic E-state index is 13.6. The molecule has 0 aliphatic carbocycles. The van der Waals surface area contributed by atoms with E-state index in [4.69, 9.17) is 9.73 Å². The fourth-order valence-electron chi connectivity index (χ4n) is 3.78. The van der Waals surface area contributed by atoms with E-state index in [0.717, 1.165) is 22.4 Å². The number of fused-ring (bicyclic) bond motifs is 1. The number of ether oxygens (including phenoxy) is 1. The maximum Gasteiger partial charge on any atom is 0.409 e. The first kappa shape index (κ1) is 22.3. The molecule has 168 valence electrons. The summed E-state index contributed by atoms with van der Waals surface area (Å²) in [6.07, 6.45) is -1.79. The van der Waals surface area contributed by atoms with Crippen molar-refractivity contribution in [1.29, 1.82) is 0 Å². The lowest BCUT2D eigenvalue weighted by Crippen LogP contribution is -2.48. The first-order valence-electron chi connectivity index (χ1n) is 11.0. The van der Waals surface area contributed by atoms with Crippen LogP contribution < -0.4 is 10.2 Å². The van der Waals surface area contributed by atoms with E-state index in [9.17, 15) is 9.59 Å². The van der Waals surface area contributed by atoms with Gasteiger partial charge in [-0.1, -0.05) is 92.7 Å². The molecule has 1 atom stereocenters. The number of para-hydroxylation sites is 1. The SMILES string of the molecule is CC(C)CN1C(=O)C(NC(=O)OCc2ccccc2)N=C(c2ccccc2)c2ccccc21. The highest BCUT2D eigenvalue weighted by Gasteiger charge is 2.33. The fourth-order valence-corrected chi connectivity index (χ4v) is 3.78. The number of carbonyl (C=O) groups excluding carboxylic acids is 2. The summed E-state index contributed by atoms with van der Waals surface area (Å²) in [4.78, 5) is 32.6. The van der Waals surface area contributed by atoms with Gasteiger partial charge in [-0.3, -0.25) is 10.1 Å². The van der Waals surface area contributed by atoms with Crippen LogP contribution in [-0.4, -0.2) is 30.4 Å². The van der Waals surface area contributed by atoms with Crippen LogP contribution in [0.5, 0.6) is 0 Å². The third-order valence-electron chi connectivity index (χ3n) is 5.27. The van der Waals surface area contributed by atoms with Crippen molar-refractivity contribution in [1.82, 2.24) is 5.32 Å². The number of carbonyl (C=O) groups is 2. The minimum atomic E-state index is -1.10. The minimum Gasteiger partial charge on any atom is -0.445 e. The van der Waals surface area contributed by atoms with Gasteiger partial charge in [0.25, 0.3) is 5.91 Å². The van der Waals surface area contributed by atoms with Gasteiger partial charge in [-0.25, -0.2) is 9.79 Å². The number of hydrogen-bond donors (Lipinski definition) is 1. The quantitative estimate of drug-likeness (QED) is 0.599. The van der Waals surface area contributed by atoms with Crippen molar-refractivity contribution in [2.24, 2.45) is 10.9 Å². The zero-order chi connectivity index (χ0) is 23.2. The Morgan fingerprint density at radius 3 is 2.30 bits per heavy atom. The van der Waals surface area contributed by atoms with Gasteiger partial charge < -0.3 is 9.64 Å². The molecule has 0 spiro atoms. The Hall–Kier alpha value is -3.93. The molecule has 3 aromatic rings. The number of aliphatic imine (C=N–C) groups is 1. The van der Waals surface area contributed by atoms with Crippen molar-refractivity contribution in [3.63, 3.8) is 0 Å². The second-order valence-electron chi connectivity index (χ2n) is 8.31. The molecule has 0 fully saturated rings.